The van der Waals surface area contributed by atoms with E-state index in [1.165, 1.54) is 36.0 Å². The SMILES string of the molecule is CC(C)CCC(c1ccc(O)cc1)C1CC=C(c2ccc(O)cc2)CC1. The van der Waals surface area contributed by atoms with Crippen molar-refractivity contribution >= 4 is 5.57 Å². The van der Waals surface area contributed by atoms with Gasteiger partial charge in [-0.15, -0.1) is 0 Å². The largest absolute Gasteiger partial charge is 0.508 e. The molecule has 0 heterocycles. The van der Waals surface area contributed by atoms with Crippen LogP contribution in [0.15, 0.2) is 54.6 Å². The predicted octanol–water partition coefficient (Wildman–Crippen LogP) is 6.50. The summed E-state index contributed by atoms with van der Waals surface area (Å²) in [5.41, 5.74) is 3.98. The predicted molar refractivity (Wildman–Crippen MR) is 108 cm³/mol. The highest BCUT2D eigenvalue weighted by atomic mass is 16.3. The van der Waals surface area contributed by atoms with Gasteiger partial charge in [-0.2, -0.15) is 0 Å². The average molecular weight is 351 g/mol. The van der Waals surface area contributed by atoms with Crippen LogP contribution < -0.4 is 0 Å². The average Bonchev–Trinajstić information content (AvgIpc) is 2.64. The second-order valence-electron chi connectivity index (χ2n) is 7.98. The van der Waals surface area contributed by atoms with Gasteiger partial charge in [-0.25, -0.2) is 0 Å². The summed E-state index contributed by atoms with van der Waals surface area (Å²) >= 11 is 0. The Morgan fingerprint density at radius 3 is 2.04 bits per heavy atom. The lowest BCUT2D eigenvalue weighted by Gasteiger charge is -2.31. The van der Waals surface area contributed by atoms with Crippen LogP contribution in [0.4, 0.5) is 0 Å². The van der Waals surface area contributed by atoms with E-state index in [0.29, 0.717) is 29.3 Å². The molecule has 138 valence electrons. The van der Waals surface area contributed by atoms with Gasteiger partial charge in [-0.3, -0.25) is 0 Å². The molecule has 0 fully saturated rings. The standard InChI is InChI=1S/C24H30O2/c1-17(2)3-16-24(21-10-14-23(26)15-11-21)20-6-4-18(5-7-20)19-8-12-22(25)13-9-19/h4,8-15,17,20,24-26H,3,5-7,16H2,1-2H3. The van der Waals surface area contributed by atoms with Crippen LogP contribution in [-0.2, 0) is 0 Å². The van der Waals surface area contributed by atoms with Gasteiger partial charge in [0.05, 0.1) is 0 Å². The smallest absolute Gasteiger partial charge is 0.115 e. The fraction of sp³-hybridized carbons (Fsp3) is 0.417. The van der Waals surface area contributed by atoms with E-state index in [2.05, 4.69) is 32.1 Å². The van der Waals surface area contributed by atoms with Crippen molar-refractivity contribution in [2.24, 2.45) is 11.8 Å². The van der Waals surface area contributed by atoms with Gasteiger partial charge in [-0.1, -0.05) is 50.6 Å². The lowest BCUT2D eigenvalue weighted by atomic mass is 9.74. The maximum atomic E-state index is 9.62. The van der Waals surface area contributed by atoms with Gasteiger partial charge >= 0.3 is 0 Å². The minimum absolute atomic E-state index is 0.323. The van der Waals surface area contributed by atoms with Gasteiger partial charge < -0.3 is 10.2 Å². The molecule has 0 bridgehead atoms. The number of hydrogen-bond donors (Lipinski definition) is 2. The Bertz CT molecular complexity index is 726. The second-order valence-corrected chi connectivity index (χ2v) is 7.98. The first kappa shape index (κ1) is 18.6. The Hall–Kier alpha value is -2.22. The molecule has 0 amide bonds. The van der Waals surface area contributed by atoms with Gasteiger partial charge in [0.1, 0.15) is 11.5 Å². The molecule has 1 aliphatic rings. The molecule has 0 spiro atoms. The summed E-state index contributed by atoms with van der Waals surface area (Å²) in [7, 11) is 0. The third kappa shape index (κ3) is 4.69. The molecule has 26 heavy (non-hydrogen) atoms. The van der Waals surface area contributed by atoms with E-state index >= 15 is 0 Å². The van der Waals surface area contributed by atoms with Crippen molar-refractivity contribution in [1.29, 1.82) is 0 Å². The minimum atomic E-state index is 0.323. The molecular formula is C24H30O2. The van der Waals surface area contributed by atoms with Crippen LogP contribution in [0.2, 0.25) is 0 Å². The van der Waals surface area contributed by atoms with Crippen LogP contribution in [-0.4, -0.2) is 10.2 Å². The zero-order valence-corrected chi connectivity index (χ0v) is 15.9. The fourth-order valence-electron chi connectivity index (χ4n) is 4.07. The minimum Gasteiger partial charge on any atom is -0.508 e. The first-order valence-corrected chi connectivity index (χ1v) is 9.80. The molecular weight excluding hydrogens is 320 g/mol. The van der Waals surface area contributed by atoms with Gasteiger partial charge in [-0.05, 0) is 84.4 Å². The summed E-state index contributed by atoms with van der Waals surface area (Å²) in [6.45, 7) is 4.58. The van der Waals surface area contributed by atoms with E-state index < -0.39 is 0 Å². The van der Waals surface area contributed by atoms with Gasteiger partial charge in [0.15, 0.2) is 0 Å². The lowest BCUT2D eigenvalue weighted by molar-refractivity contribution is 0.352. The molecule has 2 heteroatoms. The Balaban J connectivity index is 1.75. The van der Waals surface area contributed by atoms with Crippen molar-refractivity contribution in [3.63, 3.8) is 0 Å². The third-order valence-electron chi connectivity index (χ3n) is 5.63. The Morgan fingerprint density at radius 1 is 0.885 bits per heavy atom. The molecule has 0 saturated carbocycles. The summed E-state index contributed by atoms with van der Waals surface area (Å²) in [4.78, 5) is 0. The number of hydrogen-bond acceptors (Lipinski definition) is 2. The highest BCUT2D eigenvalue weighted by molar-refractivity contribution is 5.66. The fourth-order valence-corrected chi connectivity index (χ4v) is 4.07. The molecule has 2 N–H and O–H groups in total. The second kappa shape index (κ2) is 8.44. The monoisotopic (exact) mass is 350 g/mol. The molecule has 3 rings (SSSR count). The van der Waals surface area contributed by atoms with Gasteiger partial charge in [0.2, 0.25) is 0 Å². The van der Waals surface area contributed by atoms with Crippen molar-refractivity contribution in [3.8, 4) is 11.5 Å². The zero-order chi connectivity index (χ0) is 18.5. The van der Waals surface area contributed by atoms with E-state index in [9.17, 15) is 10.2 Å². The maximum Gasteiger partial charge on any atom is 0.115 e. The molecule has 0 saturated heterocycles. The van der Waals surface area contributed by atoms with E-state index in [4.69, 9.17) is 0 Å². The number of phenolic OH excluding ortho intramolecular Hbond substituents is 2. The zero-order valence-electron chi connectivity index (χ0n) is 15.9. The molecule has 2 aromatic rings. The number of rotatable bonds is 6. The van der Waals surface area contributed by atoms with E-state index in [-0.39, 0.29) is 0 Å². The number of benzene rings is 2. The lowest BCUT2D eigenvalue weighted by Crippen LogP contribution is -2.16. The molecule has 0 aromatic heterocycles. The number of aromatic hydroxyl groups is 2. The first-order chi connectivity index (χ1) is 12.5. The Morgan fingerprint density at radius 2 is 1.50 bits per heavy atom. The van der Waals surface area contributed by atoms with Crippen LogP contribution in [0.25, 0.3) is 5.57 Å². The summed E-state index contributed by atoms with van der Waals surface area (Å²) in [5.74, 6) is 2.58. The van der Waals surface area contributed by atoms with Gasteiger partial charge in [0.25, 0.3) is 0 Å². The molecule has 2 aromatic carbocycles. The van der Waals surface area contributed by atoms with Crippen molar-refractivity contribution in [2.45, 2.75) is 51.9 Å². The summed E-state index contributed by atoms with van der Waals surface area (Å²) in [6.07, 6.45) is 8.21. The molecule has 0 radical (unpaired) electrons. The third-order valence-corrected chi connectivity index (χ3v) is 5.63. The quantitative estimate of drug-likeness (QED) is 0.624. The highest BCUT2D eigenvalue weighted by Crippen LogP contribution is 2.41. The van der Waals surface area contributed by atoms with E-state index in [0.717, 1.165) is 12.8 Å². The normalized spacial score (nSPS) is 18.6. The Labute approximate surface area is 157 Å². The van der Waals surface area contributed by atoms with Gasteiger partial charge in [0, 0.05) is 0 Å². The van der Waals surface area contributed by atoms with E-state index in [1.807, 2.05) is 24.3 Å². The van der Waals surface area contributed by atoms with Crippen molar-refractivity contribution in [2.75, 3.05) is 0 Å². The first-order valence-electron chi connectivity index (χ1n) is 9.80. The van der Waals surface area contributed by atoms with Crippen LogP contribution in [0, 0.1) is 11.8 Å². The van der Waals surface area contributed by atoms with Crippen LogP contribution in [0.5, 0.6) is 11.5 Å². The van der Waals surface area contributed by atoms with Crippen molar-refractivity contribution < 1.29 is 10.2 Å². The molecule has 1 aliphatic carbocycles. The molecule has 2 unspecified atom stereocenters. The highest BCUT2D eigenvalue weighted by Gasteiger charge is 2.25. The maximum absolute atomic E-state index is 9.62. The topological polar surface area (TPSA) is 40.5 Å². The summed E-state index contributed by atoms with van der Waals surface area (Å²) < 4.78 is 0. The van der Waals surface area contributed by atoms with Crippen LogP contribution in [0.1, 0.15) is 63.0 Å². The number of allylic oxidation sites excluding steroid dienone is 2. The molecule has 2 atom stereocenters. The summed E-state index contributed by atoms with van der Waals surface area (Å²) in [6, 6.07) is 15.4. The Kier molecular flexibility index (Phi) is 6.03. The summed E-state index contributed by atoms with van der Waals surface area (Å²) in [5, 5.41) is 19.1. The molecule has 2 nitrogen and oxygen atoms in total. The molecule has 0 aliphatic heterocycles. The van der Waals surface area contributed by atoms with Crippen LogP contribution in [0.3, 0.4) is 0 Å². The van der Waals surface area contributed by atoms with E-state index in [1.54, 1.807) is 12.1 Å². The van der Waals surface area contributed by atoms with Crippen LogP contribution >= 0.6 is 0 Å². The van der Waals surface area contributed by atoms with Crippen molar-refractivity contribution in [1.82, 2.24) is 0 Å². The number of phenols is 2. The van der Waals surface area contributed by atoms with Crippen molar-refractivity contribution in [3.05, 3.63) is 65.7 Å².